The maximum absolute atomic E-state index is 13.3. The average Bonchev–Trinajstić information content (AvgIpc) is 3.18. The normalized spacial score (nSPS) is 14.0. The molecule has 176 valence electrons. The van der Waals surface area contributed by atoms with Gasteiger partial charge in [0, 0.05) is 21.7 Å². The van der Waals surface area contributed by atoms with Crippen LogP contribution in [0.25, 0.3) is 6.08 Å². The molecule has 1 aliphatic heterocycles. The van der Waals surface area contributed by atoms with Crippen LogP contribution in [0.3, 0.4) is 0 Å². The number of esters is 1. The van der Waals surface area contributed by atoms with Crippen molar-refractivity contribution in [1.82, 2.24) is 10.4 Å². The second-order valence-electron chi connectivity index (χ2n) is 7.32. The minimum atomic E-state index is -0.537. The van der Waals surface area contributed by atoms with Crippen LogP contribution in [0.5, 0.6) is 5.75 Å². The van der Waals surface area contributed by atoms with Crippen LogP contribution in [0.4, 0.5) is 0 Å². The first-order valence-electron chi connectivity index (χ1n) is 10.5. The quantitative estimate of drug-likeness (QED) is 0.401. The summed E-state index contributed by atoms with van der Waals surface area (Å²) in [4.78, 5) is 42.2. The van der Waals surface area contributed by atoms with Gasteiger partial charge in [-0.2, -0.15) is 5.01 Å². The summed E-state index contributed by atoms with van der Waals surface area (Å²) >= 11 is 5.91. The lowest BCUT2D eigenvalue weighted by Crippen LogP contribution is -2.47. The molecular formula is C26H20ClN3O5. The fraction of sp³-hybridized carbons (Fsp3) is 0.0769. The summed E-state index contributed by atoms with van der Waals surface area (Å²) < 4.78 is 10.1. The van der Waals surface area contributed by atoms with Crippen molar-refractivity contribution in [1.29, 1.82) is 0 Å². The summed E-state index contributed by atoms with van der Waals surface area (Å²) in [5, 5.41) is 1.60. The number of nitrogens with zero attached hydrogens (tertiary/aromatic N) is 2. The van der Waals surface area contributed by atoms with E-state index in [9.17, 15) is 14.4 Å². The average molecular weight is 490 g/mol. The molecule has 0 saturated heterocycles. The summed E-state index contributed by atoms with van der Waals surface area (Å²) in [5.74, 6) is -0.934. The van der Waals surface area contributed by atoms with E-state index in [1.807, 2.05) is 6.07 Å². The van der Waals surface area contributed by atoms with Crippen molar-refractivity contribution < 1.29 is 23.9 Å². The van der Waals surface area contributed by atoms with Crippen LogP contribution < -0.4 is 10.2 Å². The molecule has 0 atom stereocenters. The number of rotatable bonds is 7. The third kappa shape index (κ3) is 5.56. The molecule has 0 fully saturated rings. The highest BCUT2D eigenvalue weighted by Crippen LogP contribution is 2.26. The number of hydrogen-bond acceptors (Lipinski definition) is 6. The number of aliphatic imine (C=N–C) groups is 1. The predicted molar refractivity (Wildman–Crippen MR) is 131 cm³/mol. The zero-order valence-electron chi connectivity index (χ0n) is 18.6. The van der Waals surface area contributed by atoms with Gasteiger partial charge < -0.3 is 9.47 Å². The first-order chi connectivity index (χ1) is 17.0. The minimum absolute atomic E-state index is 0.0781. The van der Waals surface area contributed by atoms with Gasteiger partial charge in [-0.05, 0) is 36.4 Å². The molecule has 0 bridgehead atoms. The predicted octanol–water partition coefficient (Wildman–Crippen LogP) is 3.87. The van der Waals surface area contributed by atoms with Gasteiger partial charge >= 0.3 is 5.97 Å². The van der Waals surface area contributed by atoms with Crippen molar-refractivity contribution in [2.24, 2.45) is 4.99 Å². The van der Waals surface area contributed by atoms with Crippen LogP contribution in [0.15, 0.2) is 89.6 Å². The van der Waals surface area contributed by atoms with E-state index in [2.05, 4.69) is 15.2 Å². The van der Waals surface area contributed by atoms with Gasteiger partial charge in [-0.15, -0.1) is 0 Å². The second-order valence-corrected chi connectivity index (χ2v) is 7.76. The minimum Gasteiger partial charge on any atom is -0.481 e. The fourth-order valence-corrected chi connectivity index (χ4v) is 3.37. The Morgan fingerprint density at radius 1 is 1.00 bits per heavy atom. The van der Waals surface area contributed by atoms with Gasteiger partial charge in [-0.3, -0.25) is 15.0 Å². The van der Waals surface area contributed by atoms with Gasteiger partial charge in [0.05, 0.1) is 7.11 Å². The van der Waals surface area contributed by atoms with Crippen LogP contribution in [-0.2, 0) is 14.3 Å². The molecule has 0 radical (unpaired) electrons. The van der Waals surface area contributed by atoms with Gasteiger partial charge in [0.1, 0.15) is 11.4 Å². The van der Waals surface area contributed by atoms with Gasteiger partial charge in [0.25, 0.3) is 11.8 Å². The number of hydrogen-bond donors (Lipinski definition) is 1. The van der Waals surface area contributed by atoms with E-state index in [1.165, 1.54) is 13.2 Å². The number of halogens is 1. The monoisotopic (exact) mass is 489 g/mol. The van der Waals surface area contributed by atoms with E-state index < -0.39 is 17.8 Å². The smallest absolute Gasteiger partial charge is 0.343 e. The summed E-state index contributed by atoms with van der Waals surface area (Å²) in [6, 6.07) is 22.2. The highest BCUT2D eigenvalue weighted by molar-refractivity contribution is 6.30. The molecule has 8 nitrogen and oxygen atoms in total. The van der Waals surface area contributed by atoms with Crippen molar-refractivity contribution in [3.8, 4) is 5.75 Å². The van der Waals surface area contributed by atoms with E-state index in [4.69, 9.17) is 16.3 Å². The first kappa shape index (κ1) is 23.7. The lowest BCUT2D eigenvalue weighted by molar-refractivity contribution is -0.142. The molecule has 2 amide bonds. The van der Waals surface area contributed by atoms with Crippen molar-refractivity contribution in [2.75, 3.05) is 13.7 Å². The standard InChI is InChI=1S/C26H20ClN3O5/c1-34-23(31)16-35-22-10-6-5-9-19(22)15-21-26(33)30(24(28-21)17-7-3-2-4-8-17)29-25(32)18-11-13-20(27)14-12-18/h2-15H,16H2,1H3,(H,29,32)/b21-15+. The Bertz CT molecular complexity index is 1320. The number of nitrogens with one attached hydrogen (secondary N) is 1. The molecule has 1 heterocycles. The van der Waals surface area contributed by atoms with Crippen LogP contribution >= 0.6 is 11.6 Å². The van der Waals surface area contributed by atoms with Crippen LogP contribution in [0.2, 0.25) is 5.02 Å². The first-order valence-corrected chi connectivity index (χ1v) is 10.9. The number of carbonyl (C=O) groups is 3. The van der Waals surface area contributed by atoms with Crippen LogP contribution in [-0.4, -0.2) is 42.3 Å². The Labute approximate surface area is 206 Å². The lowest BCUT2D eigenvalue weighted by atomic mass is 10.1. The molecule has 4 rings (SSSR count). The Hall–Kier alpha value is -4.43. The molecule has 1 N–H and O–H groups in total. The topological polar surface area (TPSA) is 97.3 Å². The molecule has 3 aromatic rings. The lowest BCUT2D eigenvalue weighted by Gasteiger charge is -2.19. The van der Waals surface area contributed by atoms with E-state index in [0.29, 0.717) is 27.5 Å². The number of benzene rings is 3. The van der Waals surface area contributed by atoms with E-state index in [1.54, 1.807) is 72.8 Å². The van der Waals surface area contributed by atoms with Crippen LogP contribution in [0, 0.1) is 0 Å². The Morgan fingerprint density at radius 2 is 1.69 bits per heavy atom. The molecule has 0 spiro atoms. The molecule has 1 aliphatic rings. The number of hydrazine groups is 1. The van der Waals surface area contributed by atoms with E-state index in [0.717, 1.165) is 5.01 Å². The summed E-state index contributed by atoms with van der Waals surface area (Å²) in [5.41, 5.74) is 4.20. The summed E-state index contributed by atoms with van der Waals surface area (Å²) in [6.07, 6.45) is 1.53. The molecule has 0 unspecified atom stereocenters. The Morgan fingerprint density at radius 3 is 2.40 bits per heavy atom. The van der Waals surface area contributed by atoms with Crippen molar-refractivity contribution in [3.63, 3.8) is 0 Å². The third-order valence-corrected chi connectivity index (χ3v) is 5.25. The number of para-hydroxylation sites is 1. The van der Waals surface area contributed by atoms with E-state index >= 15 is 0 Å². The molecule has 0 aromatic heterocycles. The molecule has 0 saturated carbocycles. The number of methoxy groups -OCH3 is 1. The SMILES string of the molecule is COC(=O)COc1ccccc1/C=C1/N=C(c2ccccc2)N(NC(=O)c2ccc(Cl)cc2)C1=O. The Balaban J connectivity index is 1.67. The number of carbonyl (C=O) groups excluding carboxylic acids is 3. The zero-order valence-corrected chi connectivity index (χ0v) is 19.4. The third-order valence-electron chi connectivity index (χ3n) is 5.00. The zero-order chi connectivity index (χ0) is 24.8. The molecule has 3 aromatic carbocycles. The van der Waals surface area contributed by atoms with Gasteiger partial charge in [0.2, 0.25) is 0 Å². The van der Waals surface area contributed by atoms with Crippen molar-refractivity contribution in [2.45, 2.75) is 0 Å². The molecule has 9 heteroatoms. The van der Waals surface area contributed by atoms with Gasteiger partial charge in [0.15, 0.2) is 12.4 Å². The molecular weight excluding hydrogens is 470 g/mol. The largest absolute Gasteiger partial charge is 0.481 e. The molecule has 35 heavy (non-hydrogen) atoms. The maximum atomic E-state index is 13.3. The highest BCUT2D eigenvalue weighted by atomic mass is 35.5. The molecule has 0 aliphatic carbocycles. The van der Waals surface area contributed by atoms with Gasteiger partial charge in [-0.25, -0.2) is 9.79 Å². The summed E-state index contributed by atoms with van der Waals surface area (Å²) in [6.45, 7) is -0.285. The number of amides is 2. The highest BCUT2D eigenvalue weighted by Gasteiger charge is 2.33. The van der Waals surface area contributed by atoms with E-state index in [-0.39, 0.29) is 18.1 Å². The maximum Gasteiger partial charge on any atom is 0.343 e. The van der Waals surface area contributed by atoms with Gasteiger partial charge in [-0.1, -0.05) is 60.1 Å². The fourth-order valence-electron chi connectivity index (χ4n) is 3.24. The van der Waals surface area contributed by atoms with Crippen molar-refractivity contribution >= 4 is 41.3 Å². The second kappa shape index (κ2) is 10.7. The Kier molecular flexibility index (Phi) is 7.23. The van der Waals surface area contributed by atoms with Crippen LogP contribution in [0.1, 0.15) is 21.5 Å². The summed E-state index contributed by atoms with van der Waals surface area (Å²) in [7, 11) is 1.27. The van der Waals surface area contributed by atoms with Crippen molar-refractivity contribution in [3.05, 3.63) is 106 Å². The number of ether oxygens (including phenoxy) is 2. The number of amidine groups is 1.